The molecule has 3 fully saturated rings. The number of fused-ring (bicyclic) bond motifs is 4. The maximum absolute atomic E-state index is 13.8. The van der Waals surface area contributed by atoms with Crippen LogP contribution < -0.4 is 9.80 Å². The molecule has 2 aromatic carbocycles. The van der Waals surface area contributed by atoms with E-state index in [9.17, 15) is 14.7 Å². The van der Waals surface area contributed by atoms with Crippen LogP contribution in [0.4, 0.5) is 5.69 Å². The lowest BCUT2D eigenvalue weighted by Gasteiger charge is -2.43. The third-order valence-corrected chi connectivity index (χ3v) is 9.84. The summed E-state index contributed by atoms with van der Waals surface area (Å²) in [5.74, 6) is -0.556. The molecule has 7 nitrogen and oxygen atoms in total. The molecule has 2 saturated heterocycles. The number of methoxy groups -OCH3 is 1. The Morgan fingerprint density at radius 2 is 1.89 bits per heavy atom. The first-order chi connectivity index (χ1) is 17.7. The number of ether oxygens (including phenoxy) is 2. The monoisotopic (exact) mass is 567 g/mol. The van der Waals surface area contributed by atoms with Crippen molar-refractivity contribution in [3.8, 4) is 5.75 Å². The van der Waals surface area contributed by atoms with Crippen molar-refractivity contribution in [1.82, 2.24) is 0 Å². The molecule has 0 radical (unpaired) electrons. The molecule has 2 aliphatic carbocycles. The molecule has 37 heavy (non-hydrogen) atoms. The number of para-hydroxylation sites is 1. The van der Waals surface area contributed by atoms with Gasteiger partial charge in [-0.15, -0.1) is 0 Å². The number of benzene rings is 2. The first-order valence-corrected chi connectivity index (χ1v) is 13.5. The first kappa shape index (κ1) is 24.6. The van der Waals surface area contributed by atoms with Gasteiger partial charge in [0.25, 0.3) is 0 Å². The number of allylic oxidation sites excluding steroid dienone is 1. The fourth-order valence-corrected chi connectivity index (χ4v) is 7.53. The summed E-state index contributed by atoms with van der Waals surface area (Å²) in [5.41, 5.74) is -2.17. The lowest BCUT2D eigenvalue weighted by molar-refractivity contribution is -0.169. The van der Waals surface area contributed by atoms with Gasteiger partial charge in [0.1, 0.15) is 17.5 Å². The number of carbonyl (C=O) groups is 2. The quantitative estimate of drug-likeness (QED) is 0.526. The molecule has 0 bridgehead atoms. The zero-order valence-electron chi connectivity index (χ0n) is 21.0. The highest BCUT2D eigenvalue weighted by atomic mass is 79.9. The van der Waals surface area contributed by atoms with E-state index in [1.165, 1.54) is 6.08 Å². The molecule has 7 atom stereocenters. The Hall–Kier alpha value is -2.68. The number of nitrogens with zero attached hydrogens (tertiary/aromatic N) is 1. The summed E-state index contributed by atoms with van der Waals surface area (Å²) in [6.45, 7) is 3.70. The molecule has 0 amide bonds. The third-order valence-electron chi connectivity index (χ3n) is 9.22. The molecule has 0 aromatic heterocycles. The van der Waals surface area contributed by atoms with Gasteiger partial charge in [-0.05, 0) is 83.6 Å². The lowest BCUT2D eigenvalue weighted by Crippen LogP contribution is -2.57. The zero-order chi connectivity index (χ0) is 26.2. The SMILES string of the molecule is COc1ccc(C2CC3(ON2c2ccccc2)C(=O)O[C@@H]2[C@H]3CC[C@H](C)[C@]3(O)C=CC(=O)[C@@]23C)cc1Br. The van der Waals surface area contributed by atoms with Crippen LogP contribution in [0.3, 0.4) is 0 Å². The van der Waals surface area contributed by atoms with Crippen LogP contribution in [0.15, 0.2) is 65.2 Å². The minimum absolute atomic E-state index is 0.179. The van der Waals surface area contributed by atoms with Crippen LogP contribution in [-0.4, -0.2) is 41.3 Å². The summed E-state index contributed by atoms with van der Waals surface area (Å²) in [4.78, 5) is 33.7. The van der Waals surface area contributed by atoms with Crippen molar-refractivity contribution >= 4 is 33.4 Å². The predicted molar refractivity (Wildman–Crippen MR) is 140 cm³/mol. The van der Waals surface area contributed by atoms with Crippen molar-refractivity contribution in [2.24, 2.45) is 17.3 Å². The van der Waals surface area contributed by atoms with E-state index in [1.807, 2.05) is 55.5 Å². The largest absolute Gasteiger partial charge is 0.496 e. The normalized spacial score (nSPS) is 38.5. The van der Waals surface area contributed by atoms with Crippen LogP contribution in [0, 0.1) is 17.3 Å². The number of aliphatic hydroxyl groups is 1. The van der Waals surface area contributed by atoms with Crippen molar-refractivity contribution in [2.75, 3.05) is 12.2 Å². The molecule has 4 aliphatic rings. The molecule has 2 unspecified atom stereocenters. The first-order valence-electron chi connectivity index (χ1n) is 12.7. The molecular weight excluding hydrogens is 538 g/mol. The van der Waals surface area contributed by atoms with E-state index in [2.05, 4.69) is 15.9 Å². The van der Waals surface area contributed by atoms with E-state index >= 15 is 0 Å². The molecule has 194 valence electrons. The zero-order valence-corrected chi connectivity index (χ0v) is 22.6. The van der Waals surface area contributed by atoms with Crippen LogP contribution in [0.1, 0.15) is 44.7 Å². The maximum atomic E-state index is 13.8. The van der Waals surface area contributed by atoms with Gasteiger partial charge in [-0.3, -0.25) is 9.63 Å². The molecule has 2 aliphatic heterocycles. The Labute approximate surface area is 224 Å². The Morgan fingerprint density at radius 1 is 1.14 bits per heavy atom. The Balaban J connectivity index is 1.46. The van der Waals surface area contributed by atoms with Crippen molar-refractivity contribution in [3.63, 3.8) is 0 Å². The smallest absolute Gasteiger partial charge is 0.342 e. The molecule has 1 saturated carbocycles. The number of rotatable bonds is 3. The Bertz CT molecular complexity index is 1300. The van der Waals surface area contributed by atoms with Crippen LogP contribution in [0.5, 0.6) is 5.75 Å². The second kappa shape index (κ2) is 8.41. The third kappa shape index (κ3) is 3.25. The predicted octanol–water partition coefficient (Wildman–Crippen LogP) is 4.93. The van der Waals surface area contributed by atoms with Crippen molar-refractivity contribution in [2.45, 2.75) is 56.5 Å². The number of hydroxylamine groups is 1. The van der Waals surface area contributed by atoms with Gasteiger partial charge in [0.2, 0.25) is 5.60 Å². The van der Waals surface area contributed by atoms with Gasteiger partial charge < -0.3 is 14.6 Å². The average molecular weight is 568 g/mol. The molecule has 1 spiro atoms. The second-order valence-corrected chi connectivity index (χ2v) is 11.7. The summed E-state index contributed by atoms with van der Waals surface area (Å²) in [6.07, 6.45) is 3.84. The van der Waals surface area contributed by atoms with E-state index in [4.69, 9.17) is 14.3 Å². The standard InChI is InChI=1S/C29H30BrNO6/c1-17-9-11-20-25(27(2)24(32)13-14-29(17,27)34)36-26(33)28(20)16-22(18-10-12-23(35-3)21(30)15-18)31(37-28)19-7-5-4-6-8-19/h4-8,10,12-15,17,20,22,25,34H,9,11,16H2,1-3H3/t17-,20+,22?,25+,27-,28?,29+/m0/s1. The topological polar surface area (TPSA) is 85.3 Å². The number of esters is 1. The molecular formula is C29H30BrNO6. The van der Waals surface area contributed by atoms with Crippen molar-refractivity contribution < 1.29 is 29.0 Å². The molecule has 2 heterocycles. The summed E-state index contributed by atoms with van der Waals surface area (Å²) in [6, 6.07) is 15.2. The van der Waals surface area contributed by atoms with Gasteiger partial charge in [-0.25, -0.2) is 9.86 Å². The number of halogens is 1. The number of ketones is 1. The average Bonchev–Trinajstić information content (AvgIpc) is 3.49. The number of anilines is 1. The van der Waals surface area contributed by atoms with Gasteiger partial charge in [-0.2, -0.15) is 0 Å². The van der Waals surface area contributed by atoms with E-state index in [-0.39, 0.29) is 17.7 Å². The van der Waals surface area contributed by atoms with Gasteiger partial charge in [0.15, 0.2) is 5.78 Å². The highest BCUT2D eigenvalue weighted by Gasteiger charge is 2.74. The minimum Gasteiger partial charge on any atom is -0.496 e. The lowest BCUT2D eigenvalue weighted by atomic mass is 9.63. The van der Waals surface area contributed by atoms with E-state index < -0.39 is 34.6 Å². The highest BCUT2D eigenvalue weighted by molar-refractivity contribution is 9.10. The molecule has 1 N–H and O–H groups in total. The van der Waals surface area contributed by atoms with E-state index in [0.717, 1.165) is 15.7 Å². The summed E-state index contributed by atoms with van der Waals surface area (Å²) in [7, 11) is 1.62. The molecule has 2 aromatic rings. The van der Waals surface area contributed by atoms with E-state index in [0.29, 0.717) is 25.0 Å². The summed E-state index contributed by atoms with van der Waals surface area (Å²) in [5, 5.41) is 13.5. The van der Waals surface area contributed by atoms with Crippen LogP contribution >= 0.6 is 15.9 Å². The van der Waals surface area contributed by atoms with E-state index in [1.54, 1.807) is 25.2 Å². The van der Waals surface area contributed by atoms with Gasteiger partial charge in [-0.1, -0.05) is 31.2 Å². The van der Waals surface area contributed by atoms with Gasteiger partial charge in [0.05, 0.1) is 28.7 Å². The molecule has 8 heteroatoms. The Morgan fingerprint density at radius 3 is 2.59 bits per heavy atom. The second-order valence-electron chi connectivity index (χ2n) is 10.9. The highest BCUT2D eigenvalue weighted by Crippen LogP contribution is 2.61. The maximum Gasteiger partial charge on any atom is 0.342 e. The van der Waals surface area contributed by atoms with Gasteiger partial charge >= 0.3 is 5.97 Å². The van der Waals surface area contributed by atoms with Crippen LogP contribution in [0.25, 0.3) is 0 Å². The van der Waals surface area contributed by atoms with Crippen molar-refractivity contribution in [1.29, 1.82) is 0 Å². The minimum atomic E-state index is -1.38. The number of carbonyl (C=O) groups excluding carboxylic acids is 2. The van der Waals surface area contributed by atoms with Crippen LogP contribution in [0.2, 0.25) is 0 Å². The summed E-state index contributed by atoms with van der Waals surface area (Å²) >= 11 is 3.59. The van der Waals surface area contributed by atoms with Gasteiger partial charge in [0, 0.05) is 12.3 Å². The number of hydrogen-bond donors (Lipinski definition) is 1. The fraction of sp³-hybridized carbons (Fsp3) is 0.448. The van der Waals surface area contributed by atoms with Crippen molar-refractivity contribution in [3.05, 3.63) is 70.7 Å². The number of hydrogen-bond acceptors (Lipinski definition) is 7. The summed E-state index contributed by atoms with van der Waals surface area (Å²) < 4.78 is 12.3. The fourth-order valence-electron chi connectivity index (χ4n) is 6.97. The van der Waals surface area contributed by atoms with Crippen LogP contribution in [-0.2, 0) is 19.2 Å². The Kier molecular flexibility index (Phi) is 5.60. The molecule has 6 rings (SSSR count).